The van der Waals surface area contributed by atoms with Crippen LogP contribution in [-0.4, -0.2) is 66.8 Å². The fraction of sp³-hybridized carbons (Fsp3) is 0.591. The summed E-state index contributed by atoms with van der Waals surface area (Å²) in [4.78, 5) is 35.1. The van der Waals surface area contributed by atoms with Gasteiger partial charge >= 0.3 is 12.1 Å². The highest BCUT2D eigenvalue weighted by Gasteiger charge is 2.55. The molecule has 0 aliphatic carbocycles. The quantitative estimate of drug-likeness (QED) is 0.157. The van der Waals surface area contributed by atoms with Gasteiger partial charge in [0.1, 0.15) is 18.0 Å². The summed E-state index contributed by atoms with van der Waals surface area (Å²) in [5.74, 6) is -2.26. The Morgan fingerprint density at radius 3 is 2.21 bits per heavy atom. The first kappa shape index (κ1) is 29.3. The standard InChI is InChI=1S/C22H33NO10S/c1-6-17(32-20(27)31-16-11-8-7-9-12-16)18(21(3,4)22(5,28)19(25)26)33-34(29,30)14-10-13-23-15(2)24/h7-9,11-12,17-18,28H,6,10,13-14H2,1-5H3,(H,23,24)(H,25,26)/t17?,18?,22-/m0/s1. The molecule has 0 spiro atoms. The number of aliphatic hydroxyl groups is 1. The lowest BCUT2D eigenvalue weighted by molar-refractivity contribution is -0.185. The van der Waals surface area contributed by atoms with E-state index in [1.807, 2.05) is 0 Å². The van der Waals surface area contributed by atoms with Crippen LogP contribution >= 0.6 is 0 Å². The highest BCUT2D eigenvalue weighted by molar-refractivity contribution is 7.86. The van der Waals surface area contributed by atoms with Gasteiger partial charge in [-0.2, -0.15) is 8.42 Å². The number of para-hydroxylation sites is 1. The lowest BCUT2D eigenvalue weighted by atomic mass is 9.70. The molecule has 11 nitrogen and oxygen atoms in total. The van der Waals surface area contributed by atoms with E-state index in [0.29, 0.717) is 0 Å². The van der Waals surface area contributed by atoms with E-state index in [0.717, 1.165) is 6.92 Å². The summed E-state index contributed by atoms with van der Waals surface area (Å²) in [5.41, 5.74) is -4.21. The van der Waals surface area contributed by atoms with Crippen molar-refractivity contribution in [2.45, 2.75) is 65.3 Å². The largest absolute Gasteiger partial charge is 0.514 e. The number of amides is 1. The zero-order chi connectivity index (χ0) is 26.2. The first-order valence-corrected chi connectivity index (χ1v) is 12.3. The van der Waals surface area contributed by atoms with Crippen molar-refractivity contribution in [1.29, 1.82) is 0 Å². The van der Waals surface area contributed by atoms with Gasteiger partial charge in [0.2, 0.25) is 5.91 Å². The molecule has 0 aliphatic rings. The lowest BCUT2D eigenvalue weighted by Gasteiger charge is -2.44. The number of rotatable bonds is 13. The molecular formula is C22H33NO10S. The number of carboxylic acids is 1. The number of carbonyl (C=O) groups excluding carboxylic acids is 2. The zero-order valence-corrected chi connectivity index (χ0v) is 20.8. The van der Waals surface area contributed by atoms with Gasteiger partial charge in [-0.3, -0.25) is 8.98 Å². The zero-order valence-electron chi connectivity index (χ0n) is 19.9. The minimum atomic E-state index is -4.29. The van der Waals surface area contributed by atoms with Crippen molar-refractivity contribution in [3.05, 3.63) is 30.3 Å². The molecule has 34 heavy (non-hydrogen) atoms. The van der Waals surface area contributed by atoms with Crippen LogP contribution in [-0.2, 0) is 28.6 Å². The maximum Gasteiger partial charge on any atom is 0.514 e. The smallest absolute Gasteiger partial charge is 0.479 e. The normalized spacial score (nSPS) is 15.5. The van der Waals surface area contributed by atoms with Crippen LogP contribution in [0.15, 0.2) is 30.3 Å². The molecule has 3 N–H and O–H groups in total. The first-order chi connectivity index (χ1) is 15.6. The Labute approximate surface area is 199 Å². The number of nitrogens with one attached hydrogen (secondary N) is 1. The molecule has 0 bridgehead atoms. The number of carboxylic acid groups (broad SMARTS) is 1. The van der Waals surface area contributed by atoms with Crippen LogP contribution in [0.2, 0.25) is 0 Å². The van der Waals surface area contributed by atoms with Gasteiger partial charge in [-0.1, -0.05) is 39.0 Å². The minimum Gasteiger partial charge on any atom is -0.479 e. The van der Waals surface area contributed by atoms with E-state index in [9.17, 15) is 33.0 Å². The van der Waals surface area contributed by atoms with Gasteiger partial charge in [0.05, 0.1) is 5.75 Å². The molecule has 0 aliphatic heterocycles. The summed E-state index contributed by atoms with van der Waals surface area (Å²) in [7, 11) is -4.29. The Balaban J connectivity index is 3.19. The number of aliphatic carboxylic acids is 1. The third kappa shape index (κ3) is 8.26. The van der Waals surface area contributed by atoms with Crippen LogP contribution in [0.25, 0.3) is 0 Å². The van der Waals surface area contributed by atoms with Crippen LogP contribution in [0.5, 0.6) is 5.75 Å². The molecule has 3 atom stereocenters. The molecule has 0 saturated heterocycles. The van der Waals surface area contributed by atoms with E-state index in [2.05, 4.69) is 5.32 Å². The van der Waals surface area contributed by atoms with Crippen LogP contribution in [0, 0.1) is 5.41 Å². The number of ether oxygens (including phenoxy) is 2. The van der Waals surface area contributed by atoms with E-state index < -0.39 is 51.2 Å². The maximum absolute atomic E-state index is 12.7. The van der Waals surface area contributed by atoms with Gasteiger partial charge in [-0.25, -0.2) is 9.59 Å². The molecule has 1 rings (SSSR count). The first-order valence-electron chi connectivity index (χ1n) is 10.7. The lowest BCUT2D eigenvalue weighted by Crippen LogP contribution is -2.59. The molecule has 0 fully saturated rings. The SMILES string of the molecule is CCC(OC(=O)Oc1ccccc1)C(OS(=O)(=O)CCCNC(C)=O)C(C)(C)[C@@](C)(O)C(=O)O. The Morgan fingerprint density at radius 1 is 1.12 bits per heavy atom. The van der Waals surface area contributed by atoms with Crippen LogP contribution < -0.4 is 10.1 Å². The van der Waals surface area contributed by atoms with Crippen molar-refractivity contribution in [3.63, 3.8) is 0 Å². The summed E-state index contributed by atoms with van der Waals surface area (Å²) in [6.07, 6.45) is -3.98. The predicted octanol–water partition coefficient (Wildman–Crippen LogP) is 2.08. The molecule has 1 aromatic carbocycles. The Bertz CT molecular complexity index is 944. The summed E-state index contributed by atoms with van der Waals surface area (Å²) >= 11 is 0. The molecule has 0 heterocycles. The van der Waals surface area contributed by atoms with Gasteiger partial charge in [-0.15, -0.1) is 0 Å². The minimum absolute atomic E-state index is 0.0229. The van der Waals surface area contributed by atoms with E-state index in [1.165, 1.54) is 32.9 Å². The predicted molar refractivity (Wildman–Crippen MR) is 122 cm³/mol. The third-order valence-corrected chi connectivity index (χ3v) is 6.80. The number of hydrogen-bond acceptors (Lipinski definition) is 9. The van der Waals surface area contributed by atoms with Crippen LogP contribution in [0.1, 0.15) is 47.5 Å². The monoisotopic (exact) mass is 503 g/mol. The van der Waals surface area contributed by atoms with Gasteiger partial charge in [0, 0.05) is 18.9 Å². The molecule has 1 aromatic rings. The van der Waals surface area contributed by atoms with Crippen molar-refractivity contribution >= 4 is 28.1 Å². The van der Waals surface area contributed by atoms with Crippen molar-refractivity contribution in [1.82, 2.24) is 5.32 Å². The highest BCUT2D eigenvalue weighted by Crippen LogP contribution is 2.40. The summed E-state index contributed by atoms with van der Waals surface area (Å²) in [5, 5.41) is 22.7. The molecule has 1 amide bonds. The Hall–Kier alpha value is -2.70. The average molecular weight is 504 g/mol. The van der Waals surface area contributed by atoms with Crippen molar-refractivity contribution in [2.75, 3.05) is 12.3 Å². The number of carbonyl (C=O) groups is 3. The van der Waals surface area contributed by atoms with E-state index >= 15 is 0 Å². The molecule has 0 radical (unpaired) electrons. The molecule has 0 saturated carbocycles. The fourth-order valence-electron chi connectivity index (χ4n) is 3.01. The maximum atomic E-state index is 12.7. The topological polar surface area (TPSA) is 166 Å². The van der Waals surface area contributed by atoms with Crippen LogP contribution in [0.3, 0.4) is 0 Å². The second kappa shape index (κ2) is 12.1. The Kier molecular flexibility index (Phi) is 10.5. The molecule has 2 unspecified atom stereocenters. The molecule has 192 valence electrons. The van der Waals surface area contributed by atoms with E-state index in [1.54, 1.807) is 25.1 Å². The van der Waals surface area contributed by atoms with E-state index in [-0.39, 0.29) is 31.0 Å². The van der Waals surface area contributed by atoms with Crippen molar-refractivity contribution in [3.8, 4) is 5.75 Å². The van der Waals surface area contributed by atoms with Crippen molar-refractivity contribution < 1.29 is 46.7 Å². The number of hydrogen-bond donors (Lipinski definition) is 3. The summed E-state index contributed by atoms with van der Waals surface area (Å²) in [6, 6.07) is 7.99. The van der Waals surface area contributed by atoms with Gasteiger partial charge in [0.15, 0.2) is 5.60 Å². The highest BCUT2D eigenvalue weighted by atomic mass is 32.2. The fourth-order valence-corrected chi connectivity index (χ4v) is 4.29. The Morgan fingerprint density at radius 2 is 1.71 bits per heavy atom. The molecule has 12 heteroatoms. The second-order valence-electron chi connectivity index (χ2n) is 8.44. The summed E-state index contributed by atoms with van der Waals surface area (Å²) < 4.78 is 41.1. The third-order valence-electron chi connectivity index (χ3n) is 5.51. The second-order valence-corrected chi connectivity index (χ2v) is 10.2. The van der Waals surface area contributed by atoms with Gasteiger partial charge in [0.25, 0.3) is 10.1 Å². The summed E-state index contributed by atoms with van der Waals surface area (Å²) in [6.45, 7) is 6.54. The van der Waals surface area contributed by atoms with Crippen LogP contribution in [0.4, 0.5) is 4.79 Å². The molecule has 0 aromatic heterocycles. The average Bonchev–Trinajstić information content (AvgIpc) is 2.74. The van der Waals surface area contributed by atoms with Crippen molar-refractivity contribution in [2.24, 2.45) is 5.41 Å². The van der Waals surface area contributed by atoms with E-state index in [4.69, 9.17) is 13.7 Å². The van der Waals surface area contributed by atoms with Gasteiger partial charge < -0.3 is 25.0 Å². The number of benzene rings is 1. The van der Waals surface area contributed by atoms with Gasteiger partial charge in [-0.05, 0) is 31.9 Å². The molecular weight excluding hydrogens is 470 g/mol.